The quantitative estimate of drug-likeness (QED) is 0.494. The van der Waals surface area contributed by atoms with E-state index in [2.05, 4.69) is 54.4 Å². The van der Waals surface area contributed by atoms with Crippen molar-refractivity contribution in [3.8, 4) is 11.1 Å². The van der Waals surface area contributed by atoms with E-state index < -0.39 is 8.07 Å². The SMILES string of the molecule is C=CC(=O)N1CCCc2ccc(-c3c([Si](C)(C)C)[nH]c4nccc(Cl)c34)cc21. The number of pyridine rings is 1. The zero-order chi connectivity index (χ0) is 20.1. The van der Waals surface area contributed by atoms with Gasteiger partial charge in [-0.2, -0.15) is 0 Å². The highest BCUT2D eigenvalue weighted by Gasteiger charge is 2.28. The van der Waals surface area contributed by atoms with Crippen molar-refractivity contribution in [3.63, 3.8) is 0 Å². The Morgan fingerprint density at radius 2 is 2.11 bits per heavy atom. The number of carbonyl (C=O) groups excluding carboxylic acids is 1. The number of hydrogen-bond acceptors (Lipinski definition) is 2. The number of nitrogens with zero attached hydrogens (tertiary/aromatic N) is 2. The Morgan fingerprint density at radius 3 is 2.82 bits per heavy atom. The van der Waals surface area contributed by atoms with Crippen LogP contribution in [-0.2, 0) is 11.2 Å². The molecule has 0 radical (unpaired) electrons. The molecule has 1 N–H and O–H groups in total. The van der Waals surface area contributed by atoms with E-state index in [4.69, 9.17) is 11.6 Å². The van der Waals surface area contributed by atoms with Gasteiger partial charge in [-0.25, -0.2) is 4.98 Å². The predicted octanol–water partition coefficient (Wildman–Crippen LogP) is 4.89. The molecule has 1 aromatic carbocycles. The van der Waals surface area contributed by atoms with Crippen molar-refractivity contribution in [3.05, 3.63) is 53.7 Å². The van der Waals surface area contributed by atoms with Crippen LogP contribution in [0, 0.1) is 0 Å². The number of hydrogen-bond donors (Lipinski definition) is 1. The maximum atomic E-state index is 12.4. The molecular formula is C22H24ClN3OSi. The monoisotopic (exact) mass is 409 g/mol. The summed E-state index contributed by atoms with van der Waals surface area (Å²) in [7, 11) is -1.70. The highest BCUT2D eigenvalue weighted by Crippen LogP contribution is 2.37. The van der Waals surface area contributed by atoms with Crippen molar-refractivity contribution in [2.75, 3.05) is 11.4 Å². The zero-order valence-corrected chi connectivity index (χ0v) is 18.2. The molecule has 3 heterocycles. The second-order valence-electron chi connectivity index (χ2n) is 8.28. The first-order chi connectivity index (χ1) is 13.3. The average molecular weight is 410 g/mol. The van der Waals surface area contributed by atoms with Gasteiger partial charge in [0.1, 0.15) is 5.65 Å². The van der Waals surface area contributed by atoms with E-state index in [9.17, 15) is 4.79 Å². The van der Waals surface area contributed by atoms with Crippen LogP contribution in [0.1, 0.15) is 12.0 Å². The molecule has 0 saturated heterocycles. The molecule has 4 nitrogen and oxygen atoms in total. The summed E-state index contributed by atoms with van der Waals surface area (Å²) in [6, 6.07) is 8.26. The highest BCUT2D eigenvalue weighted by molar-refractivity contribution is 6.89. The highest BCUT2D eigenvalue weighted by atomic mass is 35.5. The predicted molar refractivity (Wildman–Crippen MR) is 120 cm³/mol. The summed E-state index contributed by atoms with van der Waals surface area (Å²) in [6.07, 6.45) is 5.07. The van der Waals surface area contributed by atoms with E-state index in [-0.39, 0.29) is 5.91 Å². The average Bonchev–Trinajstić information content (AvgIpc) is 3.08. The number of aromatic amines is 1. The number of aromatic nitrogens is 2. The van der Waals surface area contributed by atoms with Gasteiger partial charge >= 0.3 is 0 Å². The molecule has 0 unspecified atom stereocenters. The van der Waals surface area contributed by atoms with Crippen LogP contribution in [0.2, 0.25) is 24.7 Å². The summed E-state index contributed by atoms with van der Waals surface area (Å²) < 4.78 is 0. The number of aryl methyl sites for hydroxylation is 1. The third-order valence-corrected chi connectivity index (χ3v) is 7.52. The van der Waals surface area contributed by atoms with Crippen LogP contribution in [0.25, 0.3) is 22.2 Å². The molecule has 0 atom stereocenters. The molecule has 1 aliphatic rings. The lowest BCUT2D eigenvalue weighted by atomic mass is 9.96. The van der Waals surface area contributed by atoms with E-state index in [1.54, 1.807) is 6.20 Å². The van der Waals surface area contributed by atoms with Gasteiger partial charge in [0.05, 0.1) is 13.1 Å². The van der Waals surface area contributed by atoms with E-state index in [1.165, 1.54) is 17.0 Å². The zero-order valence-electron chi connectivity index (χ0n) is 16.5. The molecule has 0 saturated carbocycles. The maximum absolute atomic E-state index is 12.4. The third-order valence-electron chi connectivity index (χ3n) is 5.33. The fourth-order valence-electron chi connectivity index (χ4n) is 4.00. The number of halogens is 1. The molecular weight excluding hydrogens is 386 g/mol. The molecule has 0 bridgehead atoms. The fourth-order valence-corrected chi connectivity index (χ4v) is 5.75. The molecule has 6 heteroatoms. The van der Waals surface area contributed by atoms with Gasteiger partial charge in [-0.3, -0.25) is 4.79 Å². The van der Waals surface area contributed by atoms with E-state index in [1.807, 2.05) is 11.0 Å². The Hall–Kier alpha value is -2.37. The summed E-state index contributed by atoms with van der Waals surface area (Å²) in [6.45, 7) is 11.3. The van der Waals surface area contributed by atoms with E-state index >= 15 is 0 Å². The summed E-state index contributed by atoms with van der Waals surface area (Å²) in [5, 5.41) is 2.87. The number of rotatable bonds is 3. The van der Waals surface area contributed by atoms with Gasteiger partial charge in [0, 0.05) is 34.7 Å². The van der Waals surface area contributed by atoms with Gasteiger partial charge in [-0.1, -0.05) is 50.0 Å². The molecule has 1 amide bonds. The molecule has 4 rings (SSSR count). The van der Waals surface area contributed by atoms with Crippen LogP contribution in [0.5, 0.6) is 0 Å². The molecule has 1 aliphatic heterocycles. The summed E-state index contributed by atoms with van der Waals surface area (Å²) in [5.74, 6) is -0.0536. The van der Waals surface area contributed by atoms with E-state index in [0.29, 0.717) is 5.02 Å². The second kappa shape index (κ2) is 6.90. The fraction of sp³-hybridized carbons (Fsp3) is 0.273. The van der Waals surface area contributed by atoms with E-state index in [0.717, 1.165) is 47.2 Å². The van der Waals surface area contributed by atoms with Crippen LogP contribution in [0.3, 0.4) is 0 Å². The van der Waals surface area contributed by atoms with Crippen LogP contribution in [0.4, 0.5) is 5.69 Å². The normalized spacial score (nSPS) is 14.2. The van der Waals surface area contributed by atoms with Crippen LogP contribution in [0.15, 0.2) is 43.1 Å². The first-order valence-corrected chi connectivity index (χ1v) is 13.4. The Kier molecular flexibility index (Phi) is 4.68. The topological polar surface area (TPSA) is 49.0 Å². The second-order valence-corrected chi connectivity index (χ2v) is 13.7. The van der Waals surface area contributed by atoms with Crippen molar-refractivity contribution in [1.29, 1.82) is 0 Å². The molecule has 2 aromatic heterocycles. The molecule has 28 heavy (non-hydrogen) atoms. The maximum Gasteiger partial charge on any atom is 0.250 e. The van der Waals surface area contributed by atoms with Gasteiger partial charge in [0.25, 0.3) is 0 Å². The summed E-state index contributed by atoms with van der Waals surface area (Å²) >= 11 is 6.60. The first kappa shape index (κ1) is 19.0. The van der Waals surface area contributed by atoms with Gasteiger partial charge in [-0.15, -0.1) is 0 Å². The summed E-state index contributed by atoms with van der Waals surface area (Å²) in [5.41, 5.74) is 5.18. The van der Waals surface area contributed by atoms with Gasteiger partial charge in [-0.05, 0) is 42.2 Å². The lowest BCUT2D eigenvalue weighted by Crippen LogP contribution is -2.40. The van der Waals surface area contributed by atoms with Crippen molar-refractivity contribution in [2.24, 2.45) is 0 Å². The number of anilines is 1. The van der Waals surface area contributed by atoms with Crippen LogP contribution in [-0.4, -0.2) is 30.5 Å². The number of amides is 1. The molecule has 0 fully saturated rings. The van der Waals surface area contributed by atoms with Crippen LogP contribution < -0.4 is 10.2 Å². The van der Waals surface area contributed by atoms with Crippen molar-refractivity contribution < 1.29 is 4.79 Å². The van der Waals surface area contributed by atoms with Crippen LogP contribution >= 0.6 is 11.6 Å². The standard InChI is InChI=1S/C22H24ClN3OSi/c1-5-18(27)26-12-6-7-14-8-9-15(13-17(14)26)19-20-16(23)10-11-24-21(20)25-22(19)28(2,3)4/h5,8-11,13H,1,6-7,12H2,2-4H3,(H,24,25). The minimum absolute atomic E-state index is 0.0536. The third kappa shape index (κ3) is 3.08. The lowest BCUT2D eigenvalue weighted by molar-refractivity contribution is -0.114. The number of H-pyrrole nitrogens is 1. The van der Waals surface area contributed by atoms with Gasteiger partial charge in [0.2, 0.25) is 5.91 Å². The minimum Gasteiger partial charge on any atom is -0.347 e. The number of carbonyl (C=O) groups is 1. The number of nitrogens with one attached hydrogen (secondary N) is 1. The van der Waals surface area contributed by atoms with Crippen molar-refractivity contribution >= 4 is 47.6 Å². The first-order valence-electron chi connectivity index (χ1n) is 9.55. The lowest BCUT2D eigenvalue weighted by Gasteiger charge is -2.29. The summed E-state index contributed by atoms with van der Waals surface area (Å²) in [4.78, 5) is 22.3. The molecule has 144 valence electrons. The van der Waals surface area contributed by atoms with Crippen molar-refractivity contribution in [2.45, 2.75) is 32.5 Å². The van der Waals surface area contributed by atoms with Gasteiger partial charge < -0.3 is 9.88 Å². The Bertz CT molecular complexity index is 1100. The molecule has 0 aliphatic carbocycles. The Balaban J connectivity index is 1.99. The number of benzene rings is 1. The van der Waals surface area contributed by atoms with Crippen molar-refractivity contribution in [1.82, 2.24) is 9.97 Å². The largest absolute Gasteiger partial charge is 0.347 e. The molecule has 3 aromatic rings. The molecule has 0 spiro atoms. The number of fused-ring (bicyclic) bond motifs is 2. The Morgan fingerprint density at radius 1 is 1.32 bits per heavy atom. The Labute approximate surface area is 171 Å². The minimum atomic E-state index is -1.70. The smallest absolute Gasteiger partial charge is 0.250 e. The van der Waals surface area contributed by atoms with Gasteiger partial charge in [0.15, 0.2) is 0 Å².